The van der Waals surface area contributed by atoms with E-state index in [1.54, 1.807) is 38.1 Å². The highest BCUT2D eigenvalue weighted by Gasteiger charge is 2.35. The molecule has 0 spiro atoms. The van der Waals surface area contributed by atoms with Crippen molar-refractivity contribution >= 4 is 17.6 Å². The Hall–Kier alpha value is -2.36. The molecule has 9 heteroatoms. The van der Waals surface area contributed by atoms with Gasteiger partial charge in [-0.15, -0.1) is 0 Å². The summed E-state index contributed by atoms with van der Waals surface area (Å²) in [5.74, 6) is -0.830. The zero-order valence-corrected chi connectivity index (χ0v) is 17.3. The molecule has 1 aliphatic rings. The van der Waals surface area contributed by atoms with E-state index in [2.05, 4.69) is 16.2 Å². The lowest BCUT2D eigenvalue weighted by atomic mass is 10.0. The Morgan fingerprint density at radius 2 is 1.69 bits per heavy atom. The molecule has 3 N–H and O–H groups in total. The lowest BCUT2D eigenvalue weighted by Gasteiger charge is -2.27. The number of urea groups is 1. The maximum absolute atomic E-state index is 12.2. The molecule has 29 heavy (non-hydrogen) atoms. The maximum Gasteiger partial charge on any atom is 0.337 e. The number of anilines is 1. The quantitative estimate of drug-likeness (QED) is 0.427. The molecule has 1 aromatic carbocycles. The Balaban J connectivity index is 1.76. The average Bonchev–Trinajstić information content (AvgIpc) is 2.72. The van der Waals surface area contributed by atoms with Crippen LogP contribution in [0.5, 0.6) is 5.75 Å². The van der Waals surface area contributed by atoms with Crippen LogP contribution in [0.3, 0.4) is 0 Å². The number of ether oxygens (including phenoxy) is 4. The van der Waals surface area contributed by atoms with Crippen LogP contribution < -0.4 is 20.9 Å². The highest BCUT2D eigenvalue weighted by atomic mass is 16.7. The van der Waals surface area contributed by atoms with Crippen LogP contribution in [-0.2, 0) is 19.0 Å². The number of amides is 3. The van der Waals surface area contributed by atoms with E-state index in [9.17, 15) is 9.59 Å². The number of benzene rings is 1. The van der Waals surface area contributed by atoms with Crippen molar-refractivity contribution in [2.24, 2.45) is 5.92 Å². The van der Waals surface area contributed by atoms with Crippen molar-refractivity contribution in [3.05, 3.63) is 24.3 Å². The SMILES string of the molecule is CCOC(C)(OCC)C(=O)NNC(=O)Nc1ccc(OCC2CCOCC2)cc1. The van der Waals surface area contributed by atoms with Crippen LogP contribution in [-0.4, -0.2) is 50.8 Å². The first-order valence-electron chi connectivity index (χ1n) is 9.92. The van der Waals surface area contributed by atoms with Crippen molar-refractivity contribution in [2.45, 2.75) is 39.4 Å². The van der Waals surface area contributed by atoms with Crippen LogP contribution >= 0.6 is 0 Å². The summed E-state index contributed by atoms with van der Waals surface area (Å²) in [6, 6.07) is 6.43. The zero-order valence-electron chi connectivity index (χ0n) is 17.3. The predicted octanol–water partition coefficient (Wildman–Crippen LogP) is 2.43. The summed E-state index contributed by atoms with van der Waals surface area (Å²) < 4.78 is 21.8. The molecule has 0 aromatic heterocycles. The third kappa shape index (κ3) is 7.52. The molecule has 0 radical (unpaired) electrons. The van der Waals surface area contributed by atoms with Crippen LogP contribution in [0.1, 0.15) is 33.6 Å². The van der Waals surface area contributed by atoms with Gasteiger partial charge in [0.15, 0.2) is 0 Å². The third-order valence-electron chi connectivity index (χ3n) is 4.48. The summed E-state index contributed by atoms with van der Waals surface area (Å²) in [5, 5.41) is 2.63. The molecular formula is C20H31N3O6. The van der Waals surface area contributed by atoms with Crippen LogP contribution in [0.4, 0.5) is 10.5 Å². The van der Waals surface area contributed by atoms with Gasteiger partial charge < -0.3 is 24.3 Å². The van der Waals surface area contributed by atoms with E-state index in [0.29, 0.717) is 31.4 Å². The van der Waals surface area contributed by atoms with Crippen LogP contribution in [0.2, 0.25) is 0 Å². The van der Waals surface area contributed by atoms with E-state index in [-0.39, 0.29) is 0 Å². The molecule has 1 heterocycles. The molecule has 9 nitrogen and oxygen atoms in total. The number of carbonyl (C=O) groups excluding carboxylic acids is 2. The molecule has 1 aromatic rings. The Morgan fingerprint density at radius 1 is 1.07 bits per heavy atom. The summed E-state index contributed by atoms with van der Waals surface area (Å²) in [6.07, 6.45) is 2.02. The lowest BCUT2D eigenvalue weighted by molar-refractivity contribution is -0.219. The second-order valence-electron chi connectivity index (χ2n) is 6.74. The van der Waals surface area contributed by atoms with Gasteiger partial charge >= 0.3 is 6.03 Å². The van der Waals surface area contributed by atoms with Crippen molar-refractivity contribution in [1.82, 2.24) is 10.9 Å². The van der Waals surface area contributed by atoms with Gasteiger partial charge in [0.1, 0.15) is 5.75 Å². The molecule has 0 unspecified atom stereocenters. The predicted molar refractivity (Wildman–Crippen MR) is 107 cm³/mol. The zero-order chi connectivity index (χ0) is 21.1. The number of rotatable bonds is 9. The largest absolute Gasteiger partial charge is 0.493 e. The monoisotopic (exact) mass is 409 g/mol. The smallest absolute Gasteiger partial charge is 0.337 e. The summed E-state index contributed by atoms with van der Waals surface area (Å²) >= 11 is 0. The average molecular weight is 409 g/mol. The van der Waals surface area contributed by atoms with E-state index in [1.807, 2.05) is 0 Å². The molecule has 1 aliphatic heterocycles. The fourth-order valence-corrected chi connectivity index (χ4v) is 2.87. The normalized spacial score (nSPS) is 14.9. The molecular weight excluding hydrogens is 378 g/mol. The van der Waals surface area contributed by atoms with Gasteiger partial charge in [0.05, 0.1) is 6.61 Å². The van der Waals surface area contributed by atoms with Gasteiger partial charge in [-0.3, -0.25) is 10.2 Å². The second kappa shape index (κ2) is 11.6. The minimum absolute atomic E-state index is 0.291. The Morgan fingerprint density at radius 3 is 2.28 bits per heavy atom. The molecule has 1 saturated heterocycles. The third-order valence-corrected chi connectivity index (χ3v) is 4.48. The first kappa shape index (κ1) is 22.9. The molecule has 0 aliphatic carbocycles. The molecule has 0 saturated carbocycles. The molecule has 2 rings (SSSR count). The van der Waals surface area contributed by atoms with Crippen molar-refractivity contribution in [3.8, 4) is 5.75 Å². The molecule has 3 amide bonds. The second-order valence-corrected chi connectivity index (χ2v) is 6.74. The molecule has 162 valence electrons. The van der Waals surface area contributed by atoms with Gasteiger partial charge in [0.2, 0.25) is 5.79 Å². The van der Waals surface area contributed by atoms with Gasteiger partial charge in [-0.1, -0.05) is 0 Å². The molecule has 0 bridgehead atoms. The van der Waals surface area contributed by atoms with Gasteiger partial charge in [-0.25, -0.2) is 10.2 Å². The fourth-order valence-electron chi connectivity index (χ4n) is 2.87. The highest BCUT2D eigenvalue weighted by Crippen LogP contribution is 2.19. The van der Waals surface area contributed by atoms with Gasteiger partial charge in [0, 0.05) is 32.1 Å². The number of hydrogen-bond acceptors (Lipinski definition) is 6. The van der Waals surface area contributed by atoms with Gasteiger partial charge in [0.25, 0.3) is 5.91 Å². The Bertz CT molecular complexity index is 640. The summed E-state index contributed by atoms with van der Waals surface area (Å²) in [5.41, 5.74) is 5.14. The van der Waals surface area contributed by atoms with E-state index in [4.69, 9.17) is 18.9 Å². The first-order chi connectivity index (χ1) is 14.0. The number of hydrazine groups is 1. The van der Waals surface area contributed by atoms with Crippen LogP contribution in [0.25, 0.3) is 0 Å². The summed E-state index contributed by atoms with van der Waals surface area (Å²) in [4.78, 5) is 24.2. The number of hydrogen-bond donors (Lipinski definition) is 3. The van der Waals surface area contributed by atoms with E-state index in [1.165, 1.54) is 6.92 Å². The highest BCUT2D eigenvalue weighted by molar-refractivity contribution is 5.92. The first-order valence-corrected chi connectivity index (χ1v) is 9.92. The molecule has 0 atom stereocenters. The fraction of sp³-hybridized carbons (Fsp3) is 0.600. The Kier molecular flexibility index (Phi) is 9.17. The number of carbonyl (C=O) groups is 2. The maximum atomic E-state index is 12.2. The van der Waals surface area contributed by atoms with Crippen molar-refractivity contribution in [3.63, 3.8) is 0 Å². The van der Waals surface area contributed by atoms with Crippen LogP contribution in [0.15, 0.2) is 24.3 Å². The number of nitrogens with one attached hydrogen (secondary N) is 3. The summed E-state index contributed by atoms with van der Waals surface area (Å²) in [6.45, 7) is 7.81. The minimum atomic E-state index is -1.47. The topological polar surface area (TPSA) is 107 Å². The lowest BCUT2D eigenvalue weighted by Crippen LogP contribution is -2.55. The van der Waals surface area contributed by atoms with E-state index in [0.717, 1.165) is 31.8 Å². The van der Waals surface area contributed by atoms with E-state index >= 15 is 0 Å². The van der Waals surface area contributed by atoms with Crippen molar-refractivity contribution in [2.75, 3.05) is 38.4 Å². The molecule has 1 fully saturated rings. The minimum Gasteiger partial charge on any atom is -0.493 e. The van der Waals surface area contributed by atoms with Gasteiger partial charge in [-0.2, -0.15) is 0 Å². The van der Waals surface area contributed by atoms with Gasteiger partial charge in [-0.05, 0) is 63.8 Å². The van der Waals surface area contributed by atoms with Crippen LogP contribution in [0, 0.1) is 5.92 Å². The van der Waals surface area contributed by atoms with E-state index < -0.39 is 17.7 Å². The van der Waals surface area contributed by atoms with Crippen molar-refractivity contribution < 1.29 is 28.5 Å². The summed E-state index contributed by atoms with van der Waals surface area (Å²) in [7, 11) is 0. The standard InChI is InChI=1S/C20H31N3O6/c1-4-28-20(3,29-5-2)18(24)22-23-19(25)21-16-6-8-17(9-7-16)27-14-15-10-12-26-13-11-15/h6-9,15H,4-5,10-14H2,1-3H3,(H,22,24)(H2,21,23,25). The van der Waals surface area contributed by atoms with Crippen molar-refractivity contribution in [1.29, 1.82) is 0 Å². The Labute approximate surface area is 171 Å².